The van der Waals surface area contributed by atoms with Gasteiger partial charge in [-0.3, -0.25) is 0 Å². The molecule has 2 aromatic heterocycles. The van der Waals surface area contributed by atoms with Gasteiger partial charge in [-0.05, 0) is 39.5 Å². The SMILES string of the molecule is Cn1cnc2c(NC3CN(C(=O)OC(C)(C)C)CC3F)nc(N[C@@H](CO)C3CC3)nc21. The number of likely N-dealkylation sites (tertiary alicyclic amines) is 1. The van der Waals surface area contributed by atoms with Crippen molar-refractivity contribution in [1.29, 1.82) is 0 Å². The van der Waals surface area contributed by atoms with Gasteiger partial charge in [0.1, 0.15) is 11.8 Å². The summed E-state index contributed by atoms with van der Waals surface area (Å²) < 4.78 is 21.9. The maximum Gasteiger partial charge on any atom is 0.410 e. The average Bonchev–Trinajstić information content (AvgIpc) is 3.37. The minimum Gasteiger partial charge on any atom is -0.444 e. The highest BCUT2D eigenvalue weighted by Gasteiger charge is 2.38. The monoisotopic (exact) mass is 435 g/mol. The summed E-state index contributed by atoms with van der Waals surface area (Å²) >= 11 is 0. The highest BCUT2D eigenvalue weighted by atomic mass is 19.1. The highest BCUT2D eigenvalue weighted by molar-refractivity contribution is 5.84. The summed E-state index contributed by atoms with van der Waals surface area (Å²) in [5, 5.41) is 16.0. The van der Waals surface area contributed by atoms with Gasteiger partial charge in [-0.15, -0.1) is 0 Å². The lowest BCUT2D eigenvalue weighted by molar-refractivity contribution is 0.0283. The minimum absolute atomic E-state index is 0.0137. The van der Waals surface area contributed by atoms with Crippen molar-refractivity contribution in [2.75, 3.05) is 30.3 Å². The van der Waals surface area contributed by atoms with E-state index in [1.165, 1.54) is 4.90 Å². The number of hydrogen-bond acceptors (Lipinski definition) is 8. The molecule has 3 N–H and O–H groups in total. The molecule has 1 saturated heterocycles. The van der Waals surface area contributed by atoms with E-state index < -0.39 is 23.9 Å². The number of aryl methyl sites for hydroxylation is 1. The van der Waals surface area contributed by atoms with Crippen LogP contribution in [0.15, 0.2) is 6.33 Å². The molecule has 1 aliphatic carbocycles. The van der Waals surface area contributed by atoms with Gasteiger partial charge in [0.25, 0.3) is 0 Å². The number of hydrogen-bond donors (Lipinski definition) is 3. The maximum atomic E-state index is 14.8. The fourth-order valence-corrected chi connectivity index (χ4v) is 3.70. The van der Waals surface area contributed by atoms with E-state index in [4.69, 9.17) is 4.74 Å². The number of nitrogens with zero attached hydrogens (tertiary/aromatic N) is 5. The molecule has 10 nitrogen and oxygen atoms in total. The number of amides is 1. The van der Waals surface area contributed by atoms with Gasteiger partial charge in [-0.2, -0.15) is 9.97 Å². The van der Waals surface area contributed by atoms with Crippen LogP contribution in [0.3, 0.4) is 0 Å². The Morgan fingerprint density at radius 1 is 1.35 bits per heavy atom. The van der Waals surface area contributed by atoms with Gasteiger partial charge < -0.3 is 29.9 Å². The first-order chi connectivity index (χ1) is 14.6. The molecule has 2 aromatic rings. The number of carbonyl (C=O) groups excluding carboxylic acids is 1. The molecule has 0 bridgehead atoms. The zero-order chi connectivity index (χ0) is 22.3. The molecular weight excluding hydrogens is 405 g/mol. The number of imidazole rings is 1. The van der Waals surface area contributed by atoms with E-state index >= 15 is 0 Å². The van der Waals surface area contributed by atoms with Crippen molar-refractivity contribution in [3.8, 4) is 0 Å². The highest BCUT2D eigenvalue weighted by Crippen LogP contribution is 2.34. The number of fused-ring (bicyclic) bond motifs is 1. The molecule has 2 aliphatic rings. The Labute approximate surface area is 180 Å². The molecule has 31 heavy (non-hydrogen) atoms. The zero-order valence-electron chi connectivity index (χ0n) is 18.3. The van der Waals surface area contributed by atoms with E-state index in [2.05, 4.69) is 25.6 Å². The first-order valence-corrected chi connectivity index (χ1v) is 10.6. The molecule has 0 aromatic carbocycles. The van der Waals surface area contributed by atoms with Crippen LogP contribution in [0.2, 0.25) is 0 Å². The third kappa shape index (κ3) is 4.81. The van der Waals surface area contributed by atoms with Crippen molar-refractivity contribution in [2.45, 2.75) is 57.5 Å². The first kappa shape index (κ1) is 21.5. The van der Waals surface area contributed by atoms with E-state index in [0.29, 0.717) is 28.8 Å². The predicted molar refractivity (Wildman–Crippen MR) is 114 cm³/mol. The van der Waals surface area contributed by atoms with Gasteiger partial charge in [-0.1, -0.05) is 0 Å². The molecule has 4 rings (SSSR count). The molecule has 3 heterocycles. The Hall–Kier alpha value is -2.69. The summed E-state index contributed by atoms with van der Waals surface area (Å²) in [4.78, 5) is 27.1. The molecule has 170 valence electrons. The fourth-order valence-electron chi connectivity index (χ4n) is 3.70. The van der Waals surface area contributed by atoms with Crippen molar-refractivity contribution >= 4 is 29.0 Å². The topological polar surface area (TPSA) is 117 Å². The number of carbonyl (C=O) groups is 1. The summed E-state index contributed by atoms with van der Waals surface area (Å²) in [6, 6.07) is -0.779. The lowest BCUT2D eigenvalue weighted by Crippen LogP contribution is -2.36. The van der Waals surface area contributed by atoms with E-state index in [0.717, 1.165) is 12.8 Å². The summed E-state index contributed by atoms with van der Waals surface area (Å²) in [5.41, 5.74) is 0.458. The number of ether oxygens (including phenoxy) is 1. The second-order valence-electron chi connectivity index (χ2n) is 9.35. The van der Waals surface area contributed by atoms with Crippen LogP contribution in [-0.2, 0) is 11.8 Å². The van der Waals surface area contributed by atoms with Gasteiger partial charge >= 0.3 is 6.09 Å². The van der Waals surface area contributed by atoms with E-state index in [9.17, 15) is 14.3 Å². The third-order valence-corrected chi connectivity index (χ3v) is 5.48. The average molecular weight is 436 g/mol. The van der Waals surface area contributed by atoms with Crippen molar-refractivity contribution in [3.05, 3.63) is 6.33 Å². The number of rotatable bonds is 6. The number of aromatic nitrogens is 4. The summed E-state index contributed by atoms with van der Waals surface area (Å²) in [6.07, 6.45) is 1.91. The Bertz CT molecular complexity index is 956. The standard InChI is InChI=1S/C20H30FN7O3/c1-20(2,3)31-19(30)28-7-12(21)13(8-28)23-16-15-17(27(4)10-22-15)26-18(25-16)24-14(9-29)11-5-6-11/h10-14,29H,5-9H2,1-4H3,(H2,23,24,25,26)/t12?,13?,14-/m0/s1. The van der Waals surface area contributed by atoms with E-state index in [1.54, 1.807) is 31.7 Å². The Morgan fingerprint density at radius 2 is 2.10 bits per heavy atom. The van der Waals surface area contributed by atoms with Gasteiger partial charge in [0, 0.05) is 13.6 Å². The number of nitrogens with one attached hydrogen (secondary N) is 2. The van der Waals surface area contributed by atoms with Crippen LogP contribution in [0.4, 0.5) is 21.0 Å². The number of aliphatic hydroxyl groups excluding tert-OH is 1. The van der Waals surface area contributed by atoms with Gasteiger partial charge in [0.15, 0.2) is 17.0 Å². The Balaban J connectivity index is 1.54. The number of aliphatic hydroxyl groups is 1. The second kappa shape index (κ2) is 8.10. The molecule has 0 radical (unpaired) electrons. The number of alkyl halides is 1. The second-order valence-corrected chi connectivity index (χ2v) is 9.35. The number of halogens is 1. The Morgan fingerprint density at radius 3 is 2.74 bits per heavy atom. The molecule has 2 fully saturated rings. The summed E-state index contributed by atoms with van der Waals surface area (Å²) in [7, 11) is 1.82. The first-order valence-electron chi connectivity index (χ1n) is 10.6. The molecule has 2 unspecified atom stereocenters. The van der Waals surface area contributed by atoms with Crippen LogP contribution in [0.1, 0.15) is 33.6 Å². The van der Waals surface area contributed by atoms with Crippen LogP contribution in [-0.4, -0.2) is 79.2 Å². The van der Waals surface area contributed by atoms with Crippen molar-refractivity contribution in [3.63, 3.8) is 0 Å². The molecule has 1 amide bonds. The molecular formula is C20H30FN7O3. The van der Waals surface area contributed by atoms with Gasteiger partial charge in [0.2, 0.25) is 5.95 Å². The lowest BCUT2D eigenvalue weighted by Gasteiger charge is -2.24. The van der Waals surface area contributed by atoms with Crippen molar-refractivity contribution < 1.29 is 19.0 Å². The van der Waals surface area contributed by atoms with Crippen LogP contribution in [0.25, 0.3) is 11.2 Å². The van der Waals surface area contributed by atoms with Crippen LogP contribution in [0, 0.1) is 5.92 Å². The van der Waals surface area contributed by atoms with Crippen LogP contribution >= 0.6 is 0 Å². The van der Waals surface area contributed by atoms with E-state index in [1.807, 2.05) is 7.05 Å². The molecule has 3 atom stereocenters. The normalized spacial score (nSPS) is 22.6. The maximum absolute atomic E-state index is 14.8. The van der Waals surface area contributed by atoms with E-state index in [-0.39, 0.29) is 25.7 Å². The predicted octanol–water partition coefficient (Wildman–Crippen LogP) is 1.92. The van der Waals surface area contributed by atoms with Crippen LogP contribution < -0.4 is 10.6 Å². The Kier molecular flexibility index (Phi) is 5.63. The minimum atomic E-state index is -1.28. The fraction of sp³-hybridized carbons (Fsp3) is 0.700. The van der Waals surface area contributed by atoms with Crippen molar-refractivity contribution in [2.24, 2.45) is 13.0 Å². The van der Waals surface area contributed by atoms with Gasteiger partial charge in [-0.25, -0.2) is 14.2 Å². The van der Waals surface area contributed by atoms with Gasteiger partial charge in [0.05, 0.1) is 31.6 Å². The number of anilines is 2. The lowest BCUT2D eigenvalue weighted by atomic mass is 10.2. The molecule has 11 heteroatoms. The summed E-state index contributed by atoms with van der Waals surface area (Å²) in [5.74, 6) is 1.14. The molecule has 0 spiro atoms. The van der Waals surface area contributed by atoms with Crippen LogP contribution in [0.5, 0.6) is 0 Å². The molecule has 1 saturated carbocycles. The van der Waals surface area contributed by atoms with Crippen molar-refractivity contribution in [1.82, 2.24) is 24.4 Å². The smallest absolute Gasteiger partial charge is 0.410 e. The molecule has 1 aliphatic heterocycles. The summed E-state index contributed by atoms with van der Waals surface area (Å²) in [6.45, 7) is 5.41. The quantitative estimate of drug-likeness (QED) is 0.630. The zero-order valence-corrected chi connectivity index (χ0v) is 18.3. The third-order valence-electron chi connectivity index (χ3n) is 5.48. The largest absolute Gasteiger partial charge is 0.444 e.